The van der Waals surface area contributed by atoms with E-state index in [0.29, 0.717) is 25.1 Å². The number of alkyl carbamates (subject to hydrolysis) is 1. The van der Waals surface area contributed by atoms with Gasteiger partial charge in [0.15, 0.2) is 0 Å². The summed E-state index contributed by atoms with van der Waals surface area (Å²) in [5, 5.41) is 8.35. The van der Waals surface area contributed by atoms with E-state index in [9.17, 15) is 24.0 Å². The molecule has 0 saturated carbocycles. The third kappa shape index (κ3) is 7.35. The molecule has 1 fully saturated rings. The van der Waals surface area contributed by atoms with Gasteiger partial charge in [0.1, 0.15) is 11.6 Å². The first kappa shape index (κ1) is 30.1. The molecule has 0 aromatic heterocycles. The van der Waals surface area contributed by atoms with Crippen molar-refractivity contribution in [2.24, 2.45) is 0 Å². The van der Waals surface area contributed by atoms with Gasteiger partial charge in [-0.15, -0.1) is 0 Å². The van der Waals surface area contributed by atoms with E-state index in [0.717, 1.165) is 4.90 Å². The van der Waals surface area contributed by atoms with Crippen molar-refractivity contribution in [3.63, 3.8) is 0 Å². The standard InChI is InChI=1S/C28H40N4O7/c1-8-28(7,31-25(37)39-26(2,3)4)16-38-27(5,6)14-15-29-18-11-9-10-17-21(18)24(36)32(23(17)35)19-12-13-20(33)30-22(19)34/h9-11,19,29H,8,12-16H2,1-7H3,(H,31,37)(H,30,33,34). The molecule has 1 saturated heterocycles. The second kappa shape index (κ2) is 11.3. The number of anilines is 1. The van der Waals surface area contributed by atoms with Crippen LogP contribution >= 0.6 is 0 Å². The number of fused-ring (bicyclic) bond motifs is 1. The molecule has 2 aliphatic rings. The van der Waals surface area contributed by atoms with Gasteiger partial charge >= 0.3 is 6.09 Å². The van der Waals surface area contributed by atoms with Crippen LogP contribution in [0.15, 0.2) is 18.2 Å². The molecular formula is C28H40N4O7. The zero-order chi connectivity index (χ0) is 29.2. The molecule has 214 valence electrons. The number of imide groups is 2. The molecule has 11 nitrogen and oxygen atoms in total. The van der Waals surface area contributed by atoms with Crippen LogP contribution in [0.2, 0.25) is 0 Å². The van der Waals surface area contributed by atoms with Gasteiger partial charge in [0, 0.05) is 18.7 Å². The van der Waals surface area contributed by atoms with Gasteiger partial charge in [0.05, 0.1) is 28.9 Å². The average Bonchev–Trinajstić information content (AvgIpc) is 3.07. The van der Waals surface area contributed by atoms with Crippen molar-refractivity contribution in [1.82, 2.24) is 15.5 Å². The number of rotatable bonds is 10. The molecule has 0 spiro atoms. The highest BCUT2D eigenvalue weighted by Gasteiger charge is 2.45. The summed E-state index contributed by atoms with van der Waals surface area (Å²) in [6.45, 7) is 13.9. The van der Waals surface area contributed by atoms with Crippen molar-refractivity contribution >= 4 is 35.4 Å². The van der Waals surface area contributed by atoms with Crippen molar-refractivity contribution < 1.29 is 33.4 Å². The maximum atomic E-state index is 13.3. The highest BCUT2D eigenvalue weighted by atomic mass is 16.6. The lowest BCUT2D eigenvalue weighted by atomic mass is 9.99. The number of carbonyl (C=O) groups is 5. The number of ether oxygens (including phenoxy) is 2. The van der Waals surface area contributed by atoms with E-state index in [-0.39, 0.29) is 30.6 Å². The van der Waals surface area contributed by atoms with Crippen LogP contribution < -0.4 is 16.0 Å². The van der Waals surface area contributed by atoms with Crippen molar-refractivity contribution in [1.29, 1.82) is 0 Å². The Morgan fingerprint density at radius 3 is 2.38 bits per heavy atom. The summed E-state index contributed by atoms with van der Waals surface area (Å²) in [4.78, 5) is 63.4. The van der Waals surface area contributed by atoms with Gasteiger partial charge in [0.2, 0.25) is 11.8 Å². The number of nitrogens with one attached hydrogen (secondary N) is 3. The lowest BCUT2D eigenvalue weighted by Crippen LogP contribution is -2.54. The van der Waals surface area contributed by atoms with Crippen molar-refractivity contribution in [3.05, 3.63) is 29.3 Å². The third-order valence-corrected chi connectivity index (χ3v) is 6.88. The van der Waals surface area contributed by atoms with Crippen LogP contribution in [0.4, 0.5) is 10.5 Å². The summed E-state index contributed by atoms with van der Waals surface area (Å²) in [6, 6.07) is 3.93. The van der Waals surface area contributed by atoms with Crippen LogP contribution in [-0.4, -0.2) is 70.6 Å². The highest BCUT2D eigenvalue weighted by molar-refractivity contribution is 6.25. The van der Waals surface area contributed by atoms with Crippen LogP contribution in [0.5, 0.6) is 0 Å². The summed E-state index contributed by atoms with van der Waals surface area (Å²) in [5.41, 5.74) is -0.882. The number of piperidine rings is 1. The molecule has 5 amide bonds. The first-order valence-corrected chi connectivity index (χ1v) is 13.3. The fourth-order valence-electron chi connectivity index (χ4n) is 4.36. The van der Waals surface area contributed by atoms with Gasteiger partial charge < -0.3 is 20.1 Å². The largest absolute Gasteiger partial charge is 0.444 e. The van der Waals surface area contributed by atoms with Crippen LogP contribution in [0, 0.1) is 0 Å². The van der Waals surface area contributed by atoms with E-state index in [1.54, 1.807) is 39.0 Å². The topological polar surface area (TPSA) is 143 Å². The molecule has 1 aromatic rings. The first-order valence-electron chi connectivity index (χ1n) is 13.3. The molecule has 2 atom stereocenters. The van der Waals surface area contributed by atoms with Crippen LogP contribution in [0.25, 0.3) is 0 Å². The maximum Gasteiger partial charge on any atom is 0.408 e. The van der Waals surface area contributed by atoms with E-state index in [2.05, 4.69) is 16.0 Å². The van der Waals surface area contributed by atoms with Crippen LogP contribution in [0.1, 0.15) is 94.9 Å². The number of hydrogen-bond acceptors (Lipinski definition) is 8. The number of hydrogen-bond donors (Lipinski definition) is 3. The molecule has 3 rings (SSSR count). The highest BCUT2D eigenvalue weighted by Crippen LogP contribution is 2.32. The fourth-order valence-corrected chi connectivity index (χ4v) is 4.36. The van der Waals surface area contributed by atoms with Gasteiger partial charge in [-0.05, 0) is 72.9 Å². The molecule has 39 heavy (non-hydrogen) atoms. The molecule has 2 aliphatic heterocycles. The molecule has 3 N–H and O–H groups in total. The van der Waals surface area contributed by atoms with Crippen molar-refractivity contribution in [2.75, 3.05) is 18.5 Å². The Morgan fingerprint density at radius 1 is 1.08 bits per heavy atom. The van der Waals surface area contributed by atoms with Gasteiger partial charge in [0.25, 0.3) is 11.8 Å². The number of carbonyl (C=O) groups excluding carboxylic acids is 5. The minimum Gasteiger partial charge on any atom is -0.444 e. The molecule has 2 unspecified atom stereocenters. The second-order valence-electron chi connectivity index (χ2n) is 11.9. The lowest BCUT2D eigenvalue weighted by molar-refractivity contribution is -0.136. The van der Waals surface area contributed by atoms with E-state index < -0.39 is 52.5 Å². The third-order valence-electron chi connectivity index (χ3n) is 6.88. The molecule has 0 bridgehead atoms. The van der Waals surface area contributed by atoms with Crippen molar-refractivity contribution in [3.8, 4) is 0 Å². The molecule has 1 aromatic carbocycles. The smallest absolute Gasteiger partial charge is 0.408 e. The minimum atomic E-state index is -1.02. The van der Waals surface area contributed by atoms with E-state index in [4.69, 9.17) is 9.47 Å². The Balaban J connectivity index is 1.61. The quantitative estimate of drug-likeness (QED) is 0.381. The van der Waals surface area contributed by atoms with E-state index in [1.807, 2.05) is 27.7 Å². The fraction of sp³-hybridized carbons (Fsp3) is 0.607. The summed E-state index contributed by atoms with van der Waals surface area (Å²) >= 11 is 0. The number of benzene rings is 1. The molecular weight excluding hydrogens is 504 g/mol. The second-order valence-corrected chi connectivity index (χ2v) is 11.9. The van der Waals surface area contributed by atoms with E-state index in [1.165, 1.54) is 0 Å². The van der Waals surface area contributed by atoms with Crippen LogP contribution in [-0.2, 0) is 19.1 Å². The summed E-state index contributed by atoms with van der Waals surface area (Å²) in [6.07, 6.45) is 0.856. The van der Waals surface area contributed by atoms with Crippen molar-refractivity contribution in [2.45, 2.75) is 96.9 Å². The predicted molar refractivity (Wildman–Crippen MR) is 144 cm³/mol. The number of nitrogens with zero attached hydrogens (tertiary/aromatic N) is 1. The zero-order valence-corrected chi connectivity index (χ0v) is 23.9. The summed E-state index contributed by atoms with van der Waals surface area (Å²) in [5.74, 6) is -2.17. The normalized spacial score (nSPS) is 19.4. The zero-order valence-electron chi connectivity index (χ0n) is 23.9. The Kier molecular flexibility index (Phi) is 8.74. The Bertz CT molecular complexity index is 1160. The summed E-state index contributed by atoms with van der Waals surface area (Å²) in [7, 11) is 0. The van der Waals surface area contributed by atoms with Gasteiger partial charge in [-0.1, -0.05) is 13.0 Å². The first-order chi connectivity index (χ1) is 18.1. The Morgan fingerprint density at radius 2 is 1.77 bits per heavy atom. The van der Waals surface area contributed by atoms with E-state index >= 15 is 0 Å². The maximum absolute atomic E-state index is 13.3. The predicted octanol–water partition coefficient (Wildman–Crippen LogP) is 3.38. The van der Waals surface area contributed by atoms with Gasteiger partial charge in [-0.25, -0.2) is 4.79 Å². The van der Waals surface area contributed by atoms with Gasteiger partial charge in [-0.2, -0.15) is 0 Å². The van der Waals surface area contributed by atoms with Gasteiger partial charge in [-0.3, -0.25) is 29.4 Å². The monoisotopic (exact) mass is 544 g/mol. The number of amides is 5. The molecule has 2 heterocycles. The molecule has 11 heteroatoms. The summed E-state index contributed by atoms with van der Waals surface area (Å²) < 4.78 is 11.6. The minimum absolute atomic E-state index is 0.0639. The molecule has 0 aliphatic carbocycles. The SMILES string of the molecule is CCC(C)(COC(C)(C)CCNc1cccc2c1C(=O)N(C1CCC(=O)NC1=O)C2=O)NC(=O)OC(C)(C)C. The van der Waals surface area contributed by atoms with Crippen LogP contribution in [0.3, 0.4) is 0 Å². The Hall–Kier alpha value is -3.47. The Labute approximate surface area is 229 Å². The molecule has 0 radical (unpaired) electrons. The average molecular weight is 545 g/mol. The lowest BCUT2D eigenvalue weighted by Gasteiger charge is -2.35.